The average Bonchev–Trinajstić information content (AvgIpc) is 2.62. The van der Waals surface area contributed by atoms with E-state index in [1.54, 1.807) is 0 Å². The summed E-state index contributed by atoms with van der Waals surface area (Å²) in [6, 6.07) is 8.57. The molecule has 0 spiro atoms. The van der Waals surface area contributed by atoms with Crippen LogP contribution in [0.2, 0.25) is 0 Å². The molecule has 0 saturated heterocycles. The second-order valence-corrected chi connectivity index (χ2v) is 5.05. The molecule has 2 unspecified atom stereocenters. The largest absolute Gasteiger partial charge is 0.373 e. The number of rotatable bonds is 3. The van der Waals surface area contributed by atoms with Gasteiger partial charge in [0.15, 0.2) is 0 Å². The second-order valence-electron chi connectivity index (χ2n) is 4.14. The first-order chi connectivity index (χ1) is 7.24. The molecule has 0 amide bonds. The Morgan fingerprint density at radius 2 is 2.27 bits per heavy atom. The van der Waals surface area contributed by atoms with Crippen LogP contribution in [0.25, 0.3) is 0 Å². The van der Waals surface area contributed by atoms with Crippen molar-refractivity contribution in [1.82, 2.24) is 0 Å². The van der Waals surface area contributed by atoms with Crippen molar-refractivity contribution in [3.05, 3.63) is 34.3 Å². The van der Waals surface area contributed by atoms with Crippen molar-refractivity contribution in [2.24, 2.45) is 5.73 Å². The Morgan fingerprint density at radius 3 is 2.93 bits per heavy atom. The minimum Gasteiger partial charge on any atom is -0.373 e. The van der Waals surface area contributed by atoms with E-state index in [4.69, 9.17) is 10.5 Å². The highest BCUT2D eigenvalue weighted by atomic mass is 79.9. The van der Waals surface area contributed by atoms with Crippen molar-refractivity contribution >= 4 is 15.9 Å². The molecular weight excluding hydrogens is 254 g/mol. The third-order valence-corrected chi connectivity index (χ3v) is 3.29. The molecule has 0 aromatic heterocycles. The van der Waals surface area contributed by atoms with E-state index in [9.17, 15) is 0 Å². The lowest BCUT2D eigenvalue weighted by Gasteiger charge is -2.11. The van der Waals surface area contributed by atoms with Crippen LogP contribution in [-0.4, -0.2) is 12.1 Å². The molecular formula is C12H16BrNO. The van der Waals surface area contributed by atoms with Crippen LogP contribution in [0, 0.1) is 0 Å². The molecule has 1 aliphatic carbocycles. The van der Waals surface area contributed by atoms with Crippen LogP contribution in [0.5, 0.6) is 0 Å². The van der Waals surface area contributed by atoms with Gasteiger partial charge in [0.2, 0.25) is 0 Å². The van der Waals surface area contributed by atoms with Gasteiger partial charge in [0.05, 0.1) is 12.7 Å². The van der Waals surface area contributed by atoms with E-state index >= 15 is 0 Å². The summed E-state index contributed by atoms with van der Waals surface area (Å²) >= 11 is 3.45. The topological polar surface area (TPSA) is 35.2 Å². The third kappa shape index (κ3) is 3.30. The quantitative estimate of drug-likeness (QED) is 0.916. The summed E-state index contributed by atoms with van der Waals surface area (Å²) in [5.41, 5.74) is 7.04. The highest BCUT2D eigenvalue weighted by Crippen LogP contribution is 2.22. The van der Waals surface area contributed by atoms with Crippen LogP contribution < -0.4 is 5.73 Å². The van der Waals surface area contributed by atoms with Crippen LogP contribution in [0.4, 0.5) is 0 Å². The van der Waals surface area contributed by atoms with E-state index in [1.807, 2.05) is 12.1 Å². The molecule has 0 bridgehead atoms. The summed E-state index contributed by atoms with van der Waals surface area (Å²) < 4.78 is 6.92. The smallest absolute Gasteiger partial charge is 0.0721 e. The molecule has 2 N–H and O–H groups in total. The Labute approximate surface area is 98.9 Å². The number of benzene rings is 1. The maximum absolute atomic E-state index is 5.83. The van der Waals surface area contributed by atoms with Gasteiger partial charge in [-0.05, 0) is 37.0 Å². The minimum absolute atomic E-state index is 0.345. The molecule has 2 rings (SSSR count). The van der Waals surface area contributed by atoms with E-state index in [-0.39, 0.29) is 0 Å². The van der Waals surface area contributed by atoms with Crippen molar-refractivity contribution in [3.8, 4) is 0 Å². The number of halogens is 1. The van der Waals surface area contributed by atoms with Gasteiger partial charge in [0.1, 0.15) is 0 Å². The van der Waals surface area contributed by atoms with Crippen molar-refractivity contribution in [3.63, 3.8) is 0 Å². The zero-order valence-electron chi connectivity index (χ0n) is 8.66. The van der Waals surface area contributed by atoms with E-state index < -0.39 is 0 Å². The molecule has 1 aliphatic rings. The molecule has 2 atom stereocenters. The summed E-state index contributed by atoms with van der Waals surface area (Å²) in [6.45, 7) is 0.691. The summed E-state index contributed by atoms with van der Waals surface area (Å²) in [5, 5.41) is 0. The van der Waals surface area contributed by atoms with Crippen molar-refractivity contribution in [2.75, 3.05) is 0 Å². The molecule has 0 aliphatic heterocycles. The van der Waals surface area contributed by atoms with Crippen LogP contribution in [0.3, 0.4) is 0 Å². The van der Waals surface area contributed by atoms with Crippen LogP contribution in [0.1, 0.15) is 24.8 Å². The first-order valence-electron chi connectivity index (χ1n) is 5.35. The summed E-state index contributed by atoms with van der Waals surface area (Å²) in [4.78, 5) is 0. The molecule has 3 heteroatoms. The molecule has 1 saturated carbocycles. The Balaban J connectivity index is 1.83. The lowest BCUT2D eigenvalue weighted by Crippen LogP contribution is -2.17. The van der Waals surface area contributed by atoms with Crippen molar-refractivity contribution in [2.45, 2.75) is 38.0 Å². The second kappa shape index (κ2) is 5.10. The van der Waals surface area contributed by atoms with Gasteiger partial charge in [0.25, 0.3) is 0 Å². The monoisotopic (exact) mass is 269 g/mol. The highest BCUT2D eigenvalue weighted by molar-refractivity contribution is 9.10. The number of hydrogen-bond acceptors (Lipinski definition) is 2. The predicted octanol–water partition coefficient (Wildman–Crippen LogP) is 2.85. The van der Waals surface area contributed by atoms with E-state index in [2.05, 4.69) is 28.1 Å². The van der Waals surface area contributed by atoms with Crippen LogP contribution in [-0.2, 0) is 11.3 Å². The fraction of sp³-hybridized carbons (Fsp3) is 0.500. The maximum atomic E-state index is 5.83. The number of nitrogens with two attached hydrogens (primary N) is 1. The van der Waals surface area contributed by atoms with Crippen molar-refractivity contribution < 1.29 is 4.74 Å². The van der Waals surface area contributed by atoms with E-state index in [0.29, 0.717) is 18.8 Å². The number of ether oxygens (including phenoxy) is 1. The lowest BCUT2D eigenvalue weighted by atomic mass is 10.2. The van der Waals surface area contributed by atoms with Gasteiger partial charge in [-0.2, -0.15) is 0 Å². The van der Waals surface area contributed by atoms with Gasteiger partial charge in [-0.25, -0.2) is 0 Å². The average molecular weight is 270 g/mol. The molecule has 15 heavy (non-hydrogen) atoms. The highest BCUT2D eigenvalue weighted by Gasteiger charge is 2.21. The third-order valence-electron chi connectivity index (χ3n) is 2.80. The molecule has 0 radical (unpaired) electrons. The van der Waals surface area contributed by atoms with E-state index in [1.165, 1.54) is 5.56 Å². The van der Waals surface area contributed by atoms with Gasteiger partial charge in [-0.3, -0.25) is 0 Å². The SMILES string of the molecule is NC1CCC(OCc2cccc(Br)c2)C1. The fourth-order valence-electron chi connectivity index (χ4n) is 1.97. The molecule has 82 valence electrons. The van der Waals surface area contributed by atoms with Crippen molar-refractivity contribution in [1.29, 1.82) is 0 Å². The normalized spacial score (nSPS) is 25.7. The molecule has 1 aromatic carbocycles. The van der Waals surface area contributed by atoms with Crippen LogP contribution >= 0.6 is 15.9 Å². The van der Waals surface area contributed by atoms with Gasteiger partial charge in [-0.15, -0.1) is 0 Å². The summed E-state index contributed by atoms with van der Waals surface area (Å²) in [7, 11) is 0. The molecule has 0 heterocycles. The van der Waals surface area contributed by atoms with Gasteiger partial charge < -0.3 is 10.5 Å². The minimum atomic E-state index is 0.345. The Hall–Kier alpha value is -0.380. The number of hydrogen-bond donors (Lipinski definition) is 1. The van der Waals surface area contributed by atoms with Gasteiger partial charge >= 0.3 is 0 Å². The Kier molecular flexibility index (Phi) is 3.78. The molecule has 1 aromatic rings. The fourth-order valence-corrected chi connectivity index (χ4v) is 2.41. The van der Waals surface area contributed by atoms with Crippen LogP contribution in [0.15, 0.2) is 28.7 Å². The summed E-state index contributed by atoms with van der Waals surface area (Å²) in [6.07, 6.45) is 3.57. The lowest BCUT2D eigenvalue weighted by molar-refractivity contribution is 0.0448. The zero-order valence-corrected chi connectivity index (χ0v) is 10.2. The Morgan fingerprint density at radius 1 is 1.40 bits per heavy atom. The predicted molar refractivity (Wildman–Crippen MR) is 64.5 cm³/mol. The zero-order chi connectivity index (χ0) is 10.7. The van der Waals surface area contributed by atoms with Gasteiger partial charge in [-0.1, -0.05) is 28.1 Å². The maximum Gasteiger partial charge on any atom is 0.0721 e. The Bertz CT molecular complexity index is 329. The molecule has 2 nitrogen and oxygen atoms in total. The standard InChI is InChI=1S/C12H16BrNO/c13-10-3-1-2-9(6-10)8-15-12-5-4-11(14)7-12/h1-3,6,11-12H,4-5,7-8,14H2. The summed E-state index contributed by atoms with van der Waals surface area (Å²) in [5.74, 6) is 0. The van der Waals surface area contributed by atoms with Gasteiger partial charge in [0, 0.05) is 10.5 Å². The first-order valence-corrected chi connectivity index (χ1v) is 6.15. The first kappa shape index (κ1) is 11.1. The molecule has 1 fully saturated rings. The van der Waals surface area contributed by atoms with E-state index in [0.717, 1.165) is 23.7 Å².